The van der Waals surface area contributed by atoms with Crippen LogP contribution in [0.25, 0.3) is 0 Å². The van der Waals surface area contributed by atoms with E-state index < -0.39 is 11.9 Å². The van der Waals surface area contributed by atoms with Crippen LogP contribution < -0.4 is 11.5 Å². The average Bonchev–Trinajstić information content (AvgIpc) is 2.77. The summed E-state index contributed by atoms with van der Waals surface area (Å²) >= 11 is 0. The van der Waals surface area contributed by atoms with Crippen LogP contribution in [-0.4, -0.2) is 25.8 Å². The topological polar surface area (TPSA) is 120 Å². The van der Waals surface area contributed by atoms with Crippen LogP contribution in [0.2, 0.25) is 0 Å². The van der Waals surface area contributed by atoms with E-state index in [1.54, 1.807) is 16.8 Å². The van der Waals surface area contributed by atoms with Crippen molar-refractivity contribution in [3.63, 3.8) is 0 Å². The van der Waals surface area contributed by atoms with Gasteiger partial charge in [0, 0.05) is 18.0 Å². The molecule has 0 saturated carbocycles. The second-order valence-corrected chi connectivity index (χ2v) is 4.99. The molecule has 20 heavy (non-hydrogen) atoms. The predicted octanol–water partition coefficient (Wildman–Crippen LogP) is 0.483. The van der Waals surface area contributed by atoms with Gasteiger partial charge in [-0.1, -0.05) is 12.1 Å². The van der Waals surface area contributed by atoms with Crippen LogP contribution in [0.1, 0.15) is 17.3 Å². The van der Waals surface area contributed by atoms with E-state index in [1.165, 1.54) is 0 Å². The highest BCUT2D eigenvalue weighted by molar-refractivity contribution is 5.72. The van der Waals surface area contributed by atoms with Gasteiger partial charge in [-0.05, 0) is 17.7 Å². The quantitative estimate of drug-likeness (QED) is 0.685. The van der Waals surface area contributed by atoms with Gasteiger partial charge in [0.2, 0.25) is 5.95 Å². The summed E-state index contributed by atoms with van der Waals surface area (Å²) in [6.07, 6.45) is 0.328. The zero-order valence-corrected chi connectivity index (χ0v) is 10.7. The molecule has 0 radical (unpaired) electrons. The summed E-state index contributed by atoms with van der Waals surface area (Å²) in [6.45, 7) is 0.459. The third-order valence-electron chi connectivity index (χ3n) is 3.70. The van der Waals surface area contributed by atoms with Gasteiger partial charge in [-0.25, -0.2) is 4.68 Å². The summed E-state index contributed by atoms with van der Waals surface area (Å²) in [5.74, 6) is -0.722. The molecule has 0 saturated heterocycles. The number of carboxylic acids is 1. The van der Waals surface area contributed by atoms with Gasteiger partial charge in [-0.3, -0.25) is 4.79 Å². The summed E-state index contributed by atoms with van der Waals surface area (Å²) < 4.78 is 1.69. The summed E-state index contributed by atoms with van der Waals surface area (Å²) in [5, 5.41) is 13.5. The van der Waals surface area contributed by atoms with Crippen molar-refractivity contribution in [1.29, 1.82) is 0 Å². The molecule has 1 aromatic carbocycles. The van der Waals surface area contributed by atoms with E-state index in [2.05, 4.69) is 10.1 Å². The molecule has 2 aromatic rings. The summed E-state index contributed by atoms with van der Waals surface area (Å²) in [4.78, 5) is 15.6. The van der Waals surface area contributed by atoms with E-state index in [0.29, 0.717) is 24.5 Å². The normalized spacial score (nSPS) is 21.4. The maximum absolute atomic E-state index is 11.5. The molecule has 1 aliphatic rings. The first-order valence-electron chi connectivity index (χ1n) is 6.32. The Balaban J connectivity index is 1.99. The molecular formula is C13H15N5O2. The molecule has 3 rings (SSSR count). The van der Waals surface area contributed by atoms with Crippen LogP contribution in [0, 0.1) is 5.92 Å². The van der Waals surface area contributed by atoms with E-state index in [-0.39, 0.29) is 11.9 Å². The van der Waals surface area contributed by atoms with Crippen molar-refractivity contribution in [3.05, 3.63) is 35.7 Å². The number of carboxylic acid groups (broad SMARTS) is 1. The number of nitrogens with two attached hydrogens (primary N) is 2. The largest absolute Gasteiger partial charge is 0.481 e. The fourth-order valence-corrected chi connectivity index (χ4v) is 2.68. The van der Waals surface area contributed by atoms with E-state index >= 15 is 0 Å². The molecule has 7 nitrogen and oxygen atoms in total. The number of hydrogen-bond acceptors (Lipinski definition) is 5. The lowest BCUT2D eigenvalue weighted by Crippen LogP contribution is -2.33. The maximum Gasteiger partial charge on any atom is 0.307 e. The zero-order valence-electron chi connectivity index (χ0n) is 10.7. The van der Waals surface area contributed by atoms with E-state index in [9.17, 15) is 9.90 Å². The molecule has 104 valence electrons. The molecule has 0 aliphatic carbocycles. The van der Waals surface area contributed by atoms with Crippen LogP contribution >= 0.6 is 0 Å². The van der Waals surface area contributed by atoms with Gasteiger partial charge in [0.05, 0.1) is 12.5 Å². The summed E-state index contributed by atoms with van der Waals surface area (Å²) in [5.41, 5.74) is 12.8. The Morgan fingerprint density at radius 2 is 2.00 bits per heavy atom. The molecular weight excluding hydrogens is 258 g/mol. The van der Waals surface area contributed by atoms with Crippen molar-refractivity contribution in [2.24, 2.45) is 5.92 Å². The molecule has 7 heteroatoms. The smallest absolute Gasteiger partial charge is 0.307 e. The van der Waals surface area contributed by atoms with Gasteiger partial charge in [0.15, 0.2) is 0 Å². The molecule has 2 heterocycles. The lowest BCUT2D eigenvalue weighted by Gasteiger charge is -2.29. The first-order valence-corrected chi connectivity index (χ1v) is 6.32. The first-order chi connectivity index (χ1) is 9.54. The highest BCUT2D eigenvalue weighted by Gasteiger charge is 2.36. The molecule has 0 spiro atoms. The molecule has 2 unspecified atom stereocenters. The first kappa shape index (κ1) is 12.5. The highest BCUT2D eigenvalue weighted by atomic mass is 16.4. The van der Waals surface area contributed by atoms with Crippen LogP contribution in [0.15, 0.2) is 24.3 Å². The molecule has 1 aliphatic heterocycles. The Morgan fingerprint density at radius 3 is 2.65 bits per heavy atom. The fourth-order valence-electron chi connectivity index (χ4n) is 2.68. The van der Waals surface area contributed by atoms with Gasteiger partial charge < -0.3 is 16.6 Å². The Bertz CT molecular complexity index is 649. The maximum atomic E-state index is 11.5. The number of rotatable bonds is 2. The Kier molecular flexibility index (Phi) is 2.81. The van der Waals surface area contributed by atoms with Crippen molar-refractivity contribution in [1.82, 2.24) is 14.8 Å². The number of nitrogens with zero attached hydrogens (tertiary/aromatic N) is 3. The number of benzene rings is 1. The minimum Gasteiger partial charge on any atom is -0.481 e. The number of fused-ring (bicyclic) bond motifs is 1. The molecule has 0 fully saturated rings. The third kappa shape index (κ3) is 2.07. The highest BCUT2D eigenvalue weighted by Crippen LogP contribution is 2.34. The van der Waals surface area contributed by atoms with Gasteiger partial charge in [0.25, 0.3) is 0 Å². The van der Waals surface area contributed by atoms with Crippen LogP contribution in [0.4, 0.5) is 11.6 Å². The Morgan fingerprint density at radius 1 is 1.30 bits per heavy atom. The van der Waals surface area contributed by atoms with Crippen molar-refractivity contribution >= 4 is 17.6 Å². The van der Waals surface area contributed by atoms with Crippen LogP contribution in [-0.2, 0) is 17.8 Å². The number of aliphatic carboxylic acids is 1. The molecule has 0 amide bonds. The lowest BCUT2D eigenvalue weighted by atomic mass is 9.81. The SMILES string of the molecule is Nc1ccc(C2Cn3nc(N)nc3CC2C(=O)O)cc1. The standard InChI is InChI=1S/C13H15N5O2/c14-8-3-1-7(2-4-8)10-6-18-11(16-13(15)17-18)5-9(10)12(19)20/h1-4,9-10H,5-6,14H2,(H2,15,17)(H,19,20). The van der Waals surface area contributed by atoms with Gasteiger partial charge in [-0.15, -0.1) is 5.10 Å². The summed E-state index contributed by atoms with van der Waals surface area (Å²) in [7, 11) is 0. The number of aromatic nitrogens is 3. The number of hydrogen-bond donors (Lipinski definition) is 3. The van der Waals surface area contributed by atoms with Gasteiger partial charge >= 0.3 is 5.97 Å². The van der Waals surface area contributed by atoms with Crippen molar-refractivity contribution in [2.45, 2.75) is 18.9 Å². The second-order valence-electron chi connectivity index (χ2n) is 4.99. The average molecular weight is 273 g/mol. The van der Waals surface area contributed by atoms with E-state index in [4.69, 9.17) is 11.5 Å². The van der Waals surface area contributed by atoms with E-state index in [0.717, 1.165) is 5.56 Å². The van der Waals surface area contributed by atoms with Crippen molar-refractivity contribution in [3.8, 4) is 0 Å². The summed E-state index contributed by atoms with van der Waals surface area (Å²) in [6, 6.07) is 7.28. The zero-order chi connectivity index (χ0) is 14.3. The lowest BCUT2D eigenvalue weighted by molar-refractivity contribution is -0.143. The molecule has 5 N–H and O–H groups in total. The fraction of sp³-hybridized carbons (Fsp3) is 0.308. The number of carbonyl (C=O) groups is 1. The minimum absolute atomic E-state index is 0.165. The predicted molar refractivity (Wildman–Crippen MR) is 72.9 cm³/mol. The van der Waals surface area contributed by atoms with E-state index in [1.807, 2.05) is 12.1 Å². The monoisotopic (exact) mass is 273 g/mol. The number of nitrogen functional groups attached to an aromatic ring is 2. The van der Waals surface area contributed by atoms with Gasteiger partial charge in [0.1, 0.15) is 5.82 Å². The molecule has 0 bridgehead atoms. The Hall–Kier alpha value is -2.57. The van der Waals surface area contributed by atoms with Crippen LogP contribution in [0.3, 0.4) is 0 Å². The van der Waals surface area contributed by atoms with Crippen molar-refractivity contribution < 1.29 is 9.90 Å². The molecule has 1 aromatic heterocycles. The Labute approximate surface area is 115 Å². The van der Waals surface area contributed by atoms with Crippen molar-refractivity contribution in [2.75, 3.05) is 11.5 Å². The molecule has 2 atom stereocenters. The minimum atomic E-state index is -0.834. The second kappa shape index (κ2) is 4.52. The number of anilines is 2. The van der Waals surface area contributed by atoms with Gasteiger partial charge in [-0.2, -0.15) is 4.98 Å². The van der Waals surface area contributed by atoms with Crippen LogP contribution in [0.5, 0.6) is 0 Å². The third-order valence-corrected chi connectivity index (χ3v) is 3.70.